The number of hydrogen-bond donors (Lipinski definition) is 0. The van der Waals surface area contributed by atoms with Gasteiger partial charge in [0.05, 0.1) is 19.3 Å². The number of halogens is 1. The lowest BCUT2D eigenvalue weighted by Crippen LogP contribution is -2.45. The molecule has 126 valence electrons. The predicted octanol–water partition coefficient (Wildman–Crippen LogP) is 3.11. The Morgan fingerprint density at radius 1 is 1.25 bits per heavy atom. The highest BCUT2D eigenvalue weighted by molar-refractivity contribution is 5.78. The lowest BCUT2D eigenvalue weighted by Gasteiger charge is -2.36. The first kappa shape index (κ1) is 16.5. The molecular weight excluding hydrogens is 309 g/mol. The van der Waals surface area contributed by atoms with E-state index in [-0.39, 0.29) is 24.4 Å². The SMILES string of the molecule is Cc1ccccc1OCC(=O)N1CCOCC1c1ccc(F)cc1. The summed E-state index contributed by atoms with van der Waals surface area (Å²) >= 11 is 0. The normalized spacial score (nSPS) is 17.6. The van der Waals surface area contributed by atoms with Crippen LogP contribution in [0.3, 0.4) is 0 Å². The van der Waals surface area contributed by atoms with Crippen molar-refractivity contribution in [1.82, 2.24) is 4.90 Å². The van der Waals surface area contributed by atoms with Crippen LogP contribution in [-0.4, -0.2) is 37.2 Å². The first-order chi connectivity index (χ1) is 11.6. The number of aryl methyl sites for hydroxylation is 1. The van der Waals surface area contributed by atoms with Crippen molar-refractivity contribution in [2.24, 2.45) is 0 Å². The van der Waals surface area contributed by atoms with Gasteiger partial charge in [-0.15, -0.1) is 0 Å². The molecule has 1 atom stereocenters. The molecule has 0 radical (unpaired) electrons. The summed E-state index contributed by atoms with van der Waals surface area (Å²) in [6, 6.07) is 13.6. The smallest absolute Gasteiger partial charge is 0.261 e. The number of carbonyl (C=O) groups is 1. The maximum Gasteiger partial charge on any atom is 0.261 e. The molecule has 24 heavy (non-hydrogen) atoms. The summed E-state index contributed by atoms with van der Waals surface area (Å²) in [6.45, 7) is 3.31. The Morgan fingerprint density at radius 3 is 2.75 bits per heavy atom. The number of amides is 1. The van der Waals surface area contributed by atoms with Crippen molar-refractivity contribution in [2.45, 2.75) is 13.0 Å². The van der Waals surface area contributed by atoms with Crippen molar-refractivity contribution in [3.63, 3.8) is 0 Å². The average Bonchev–Trinajstić information content (AvgIpc) is 2.61. The van der Waals surface area contributed by atoms with E-state index in [2.05, 4.69) is 0 Å². The van der Waals surface area contributed by atoms with Crippen molar-refractivity contribution in [2.75, 3.05) is 26.4 Å². The van der Waals surface area contributed by atoms with Crippen molar-refractivity contribution in [3.8, 4) is 5.75 Å². The molecule has 0 aliphatic carbocycles. The third-order valence-electron chi connectivity index (χ3n) is 4.15. The Balaban J connectivity index is 1.69. The minimum absolute atomic E-state index is 0.0252. The molecular formula is C19H20FNO3. The number of benzene rings is 2. The van der Waals surface area contributed by atoms with Crippen molar-refractivity contribution in [3.05, 3.63) is 65.5 Å². The van der Waals surface area contributed by atoms with Crippen LogP contribution < -0.4 is 4.74 Å². The van der Waals surface area contributed by atoms with Gasteiger partial charge in [-0.3, -0.25) is 4.79 Å². The molecule has 1 unspecified atom stereocenters. The summed E-state index contributed by atoms with van der Waals surface area (Å²) in [4.78, 5) is 14.3. The largest absolute Gasteiger partial charge is 0.484 e. The fourth-order valence-corrected chi connectivity index (χ4v) is 2.80. The van der Waals surface area contributed by atoms with E-state index in [1.165, 1.54) is 12.1 Å². The first-order valence-electron chi connectivity index (χ1n) is 7.96. The highest BCUT2D eigenvalue weighted by atomic mass is 19.1. The number of ether oxygens (including phenoxy) is 2. The number of carbonyl (C=O) groups excluding carboxylic acids is 1. The Bertz CT molecular complexity index is 702. The second-order valence-electron chi connectivity index (χ2n) is 5.78. The second-order valence-corrected chi connectivity index (χ2v) is 5.78. The molecule has 1 fully saturated rings. The number of hydrogen-bond acceptors (Lipinski definition) is 3. The number of rotatable bonds is 4. The average molecular weight is 329 g/mol. The fourth-order valence-electron chi connectivity index (χ4n) is 2.80. The first-order valence-corrected chi connectivity index (χ1v) is 7.96. The van der Waals surface area contributed by atoms with Crippen molar-refractivity contribution >= 4 is 5.91 Å². The molecule has 0 spiro atoms. The van der Waals surface area contributed by atoms with Gasteiger partial charge >= 0.3 is 0 Å². The van der Waals surface area contributed by atoms with Crippen LogP contribution in [0.4, 0.5) is 4.39 Å². The minimum Gasteiger partial charge on any atom is -0.484 e. The maximum absolute atomic E-state index is 13.1. The molecule has 1 amide bonds. The molecule has 3 rings (SSSR count). The zero-order chi connectivity index (χ0) is 16.9. The van der Waals surface area contributed by atoms with E-state index < -0.39 is 0 Å². The summed E-state index contributed by atoms with van der Waals surface area (Å²) in [5.74, 6) is 0.310. The third-order valence-corrected chi connectivity index (χ3v) is 4.15. The molecule has 0 saturated carbocycles. The van der Waals surface area contributed by atoms with Gasteiger partial charge in [-0.1, -0.05) is 30.3 Å². The van der Waals surface area contributed by atoms with Crippen molar-refractivity contribution in [1.29, 1.82) is 0 Å². The molecule has 1 saturated heterocycles. The Hall–Kier alpha value is -2.40. The van der Waals surface area contributed by atoms with Gasteiger partial charge in [-0.05, 0) is 36.2 Å². The van der Waals surface area contributed by atoms with Crippen LogP contribution in [0.15, 0.2) is 48.5 Å². The molecule has 2 aromatic carbocycles. The standard InChI is InChI=1S/C19H20FNO3/c1-14-4-2-3-5-18(14)24-13-19(22)21-10-11-23-12-17(21)15-6-8-16(20)9-7-15/h2-9,17H,10-13H2,1H3. The van der Waals surface area contributed by atoms with Gasteiger partial charge in [0, 0.05) is 6.54 Å². The van der Waals surface area contributed by atoms with E-state index in [1.807, 2.05) is 31.2 Å². The van der Waals surface area contributed by atoms with Crippen LogP contribution in [0.1, 0.15) is 17.2 Å². The van der Waals surface area contributed by atoms with Crippen LogP contribution in [0.25, 0.3) is 0 Å². The van der Waals surface area contributed by atoms with E-state index in [4.69, 9.17) is 9.47 Å². The fraction of sp³-hybridized carbons (Fsp3) is 0.316. The van der Waals surface area contributed by atoms with Crippen LogP contribution >= 0.6 is 0 Å². The monoisotopic (exact) mass is 329 g/mol. The number of para-hydroxylation sites is 1. The number of morpholine rings is 1. The maximum atomic E-state index is 13.1. The summed E-state index contributed by atoms with van der Waals surface area (Å²) in [5, 5.41) is 0. The molecule has 1 heterocycles. The van der Waals surface area contributed by atoms with E-state index in [0.29, 0.717) is 25.5 Å². The summed E-state index contributed by atoms with van der Waals surface area (Å²) in [7, 11) is 0. The lowest BCUT2D eigenvalue weighted by molar-refractivity contribution is -0.142. The summed E-state index contributed by atoms with van der Waals surface area (Å²) in [6.07, 6.45) is 0. The van der Waals surface area contributed by atoms with E-state index >= 15 is 0 Å². The van der Waals surface area contributed by atoms with Crippen LogP contribution in [0.5, 0.6) is 5.75 Å². The van der Waals surface area contributed by atoms with Gasteiger partial charge < -0.3 is 14.4 Å². The summed E-state index contributed by atoms with van der Waals surface area (Å²) < 4.78 is 24.3. The van der Waals surface area contributed by atoms with E-state index in [1.54, 1.807) is 17.0 Å². The molecule has 4 nitrogen and oxygen atoms in total. The van der Waals surface area contributed by atoms with Crippen LogP contribution in [0, 0.1) is 12.7 Å². The highest BCUT2D eigenvalue weighted by Crippen LogP contribution is 2.25. The predicted molar refractivity (Wildman–Crippen MR) is 88.3 cm³/mol. The van der Waals surface area contributed by atoms with E-state index in [0.717, 1.165) is 11.1 Å². The Kier molecular flexibility index (Phi) is 5.11. The van der Waals surface area contributed by atoms with E-state index in [9.17, 15) is 9.18 Å². The van der Waals surface area contributed by atoms with Gasteiger partial charge in [0.2, 0.25) is 0 Å². The Morgan fingerprint density at radius 2 is 2.00 bits per heavy atom. The van der Waals surface area contributed by atoms with Crippen LogP contribution in [0.2, 0.25) is 0 Å². The lowest BCUT2D eigenvalue weighted by atomic mass is 10.0. The highest BCUT2D eigenvalue weighted by Gasteiger charge is 2.28. The zero-order valence-corrected chi connectivity index (χ0v) is 13.6. The molecule has 0 N–H and O–H groups in total. The molecule has 5 heteroatoms. The third kappa shape index (κ3) is 3.74. The van der Waals surface area contributed by atoms with Gasteiger partial charge in [0.15, 0.2) is 6.61 Å². The summed E-state index contributed by atoms with van der Waals surface area (Å²) in [5.41, 5.74) is 1.85. The van der Waals surface area contributed by atoms with Gasteiger partial charge in [-0.25, -0.2) is 4.39 Å². The molecule has 0 aromatic heterocycles. The molecule has 2 aromatic rings. The number of nitrogens with zero attached hydrogens (tertiary/aromatic N) is 1. The van der Waals surface area contributed by atoms with Gasteiger partial charge in [0.1, 0.15) is 11.6 Å². The molecule has 0 bridgehead atoms. The molecule has 1 aliphatic heterocycles. The molecule has 1 aliphatic rings. The quantitative estimate of drug-likeness (QED) is 0.865. The van der Waals surface area contributed by atoms with Gasteiger partial charge in [0.25, 0.3) is 5.91 Å². The Labute approximate surface area is 140 Å². The van der Waals surface area contributed by atoms with Crippen molar-refractivity contribution < 1.29 is 18.7 Å². The second kappa shape index (κ2) is 7.45. The zero-order valence-electron chi connectivity index (χ0n) is 13.6. The van der Waals surface area contributed by atoms with Gasteiger partial charge in [-0.2, -0.15) is 0 Å². The minimum atomic E-state index is -0.295. The van der Waals surface area contributed by atoms with Crippen LogP contribution in [-0.2, 0) is 9.53 Å². The topological polar surface area (TPSA) is 38.8 Å².